The summed E-state index contributed by atoms with van der Waals surface area (Å²) in [6.45, 7) is 9.65. The summed E-state index contributed by atoms with van der Waals surface area (Å²) >= 11 is 0. The van der Waals surface area contributed by atoms with Gasteiger partial charge in [-0.3, -0.25) is 4.79 Å². The van der Waals surface area contributed by atoms with Gasteiger partial charge in [0.05, 0.1) is 6.04 Å². The lowest BCUT2D eigenvalue weighted by molar-refractivity contribution is -0.127. The highest BCUT2D eigenvalue weighted by Crippen LogP contribution is 2.24. The lowest BCUT2D eigenvalue weighted by Gasteiger charge is -2.30. The van der Waals surface area contributed by atoms with E-state index in [1.54, 1.807) is 0 Å². The van der Waals surface area contributed by atoms with Crippen molar-refractivity contribution in [1.29, 1.82) is 0 Å². The predicted molar refractivity (Wildman–Crippen MR) is 104 cm³/mol. The van der Waals surface area contributed by atoms with E-state index >= 15 is 0 Å². The van der Waals surface area contributed by atoms with E-state index in [2.05, 4.69) is 62.6 Å². The van der Waals surface area contributed by atoms with Gasteiger partial charge in [-0.1, -0.05) is 51.5 Å². The lowest BCUT2D eigenvalue weighted by Crippen LogP contribution is -2.44. The second-order valence-corrected chi connectivity index (χ2v) is 7.30. The molecule has 3 nitrogen and oxygen atoms in total. The van der Waals surface area contributed by atoms with E-state index in [0.29, 0.717) is 12.0 Å². The highest BCUT2D eigenvalue weighted by Gasteiger charge is 2.27. The Kier molecular flexibility index (Phi) is 8.79. The topological polar surface area (TPSA) is 41.1 Å². The van der Waals surface area contributed by atoms with Crippen molar-refractivity contribution in [3.8, 4) is 0 Å². The Hall–Kier alpha value is -1.06. The van der Waals surface area contributed by atoms with Crippen LogP contribution in [-0.2, 0) is 11.2 Å². The number of carbonyl (C=O) groups is 1. The fourth-order valence-corrected chi connectivity index (χ4v) is 3.46. The average Bonchev–Trinajstić information content (AvgIpc) is 2.53. The zero-order chi connectivity index (χ0) is 16.8. The fourth-order valence-electron chi connectivity index (χ4n) is 3.46. The summed E-state index contributed by atoms with van der Waals surface area (Å²) in [5.41, 5.74) is 2.59. The van der Waals surface area contributed by atoms with Crippen molar-refractivity contribution in [2.24, 2.45) is 11.8 Å². The summed E-state index contributed by atoms with van der Waals surface area (Å²) in [6, 6.07) is 9.30. The zero-order valence-electron chi connectivity index (χ0n) is 15.5. The fraction of sp³-hybridized carbons (Fsp3) is 0.650. The first-order chi connectivity index (χ1) is 11.0. The molecule has 0 bridgehead atoms. The normalized spacial score (nSPS) is 21.9. The molecule has 0 spiro atoms. The average molecular weight is 353 g/mol. The molecule has 1 aliphatic heterocycles. The Morgan fingerprint density at radius 1 is 1.29 bits per heavy atom. The van der Waals surface area contributed by atoms with E-state index in [9.17, 15) is 4.79 Å². The van der Waals surface area contributed by atoms with Gasteiger partial charge in [0.2, 0.25) is 5.91 Å². The number of piperidine rings is 1. The number of aryl methyl sites for hydroxylation is 1. The van der Waals surface area contributed by atoms with Crippen molar-refractivity contribution >= 4 is 18.3 Å². The maximum atomic E-state index is 12.7. The summed E-state index contributed by atoms with van der Waals surface area (Å²) in [5.74, 6) is 0.747. The number of halogens is 1. The van der Waals surface area contributed by atoms with Crippen LogP contribution in [-0.4, -0.2) is 18.5 Å². The van der Waals surface area contributed by atoms with Gasteiger partial charge in [-0.2, -0.15) is 0 Å². The Morgan fingerprint density at radius 2 is 1.96 bits per heavy atom. The largest absolute Gasteiger partial charge is 0.349 e. The smallest absolute Gasteiger partial charge is 0.223 e. The standard InChI is InChI=1S/C20H32N2O.ClH/c1-5-6-16-7-9-17(10-8-16)19(14(2)3)22-20(23)18-11-12-21-15(4)13-18;/h7-10,14-15,18-19,21H,5-6,11-13H2,1-4H3,(H,22,23);1H/t15-,18-,19?;/m0./s1. The van der Waals surface area contributed by atoms with E-state index < -0.39 is 0 Å². The van der Waals surface area contributed by atoms with Crippen LogP contribution >= 0.6 is 12.4 Å². The zero-order valence-corrected chi connectivity index (χ0v) is 16.3. The molecule has 1 aromatic carbocycles. The van der Waals surface area contributed by atoms with Crippen LogP contribution in [0, 0.1) is 11.8 Å². The quantitative estimate of drug-likeness (QED) is 0.803. The molecule has 0 aliphatic carbocycles. The van der Waals surface area contributed by atoms with E-state index in [1.165, 1.54) is 11.1 Å². The Labute approximate surface area is 153 Å². The van der Waals surface area contributed by atoms with Crippen molar-refractivity contribution in [1.82, 2.24) is 10.6 Å². The molecule has 4 heteroatoms. The number of hydrogen-bond acceptors (Lipinski definition) is 2. The van der Waals surface area contributed by atoms with Crippen LogP contribution in [0.4, 0.5) is 0 Å². The van der Waals surface area contributed by atoms with Crippen LogP contribution in [0.25, 0.3) is 0 Å². The molecular formula is C20H33ClN2O. The predicted octanol–water partition coefficient (Wildman–Crippen LogP) is 4.26. The van der Waals surface area contributed by atoms with Gasteiger partial charge in [-0.25, -0.2) is 0 Å². The van der Waals surface area contributed by atoms with Crippen molar-refractivity contribution in [2.45, 2.75) is 65.5 Å². The maximum absolute atomic E-state index is 12.7. The molecule has 1 fully saturated rings. The SMILES string of the molecule is CCCc1ccc(C(NC(=O)[C@H]2CCN[C@@H](C)C2)C(C)C)cc1.Cl. The molecule has 1 heterocycles. The highest BCUT2D eigenvalue weighted by atomic mass is 35.5. The molecule has 0 saturated carbocycles. The maximum Gasteiger partial charge on any atom is 0.223 e. The van der Waals surface area contributed by atoms with Crippen LogP contribution in [0.2, 0.25) is 0 Å². The summed E-state index contributed by atoms with van der Waals surface area (Å²) in [5, 5.41) is 6.72. The van der Waals surface area contributed by atoms with Crippen LogP contribution in [0.3, 0.4) is 0 Å². The number of hydrogen-bond donors (Lipinski definition) is 2. The number of rotatable bonds is 6. The lowest BCUT2D eigenvalue weighted by atomic mass is 9.90. The minimum Gasteiger partial charge on any atom is -0.349 e. The first-order valence-corrected chi connectivity index (χ1v) is 9.13. The van der Waals surface area contributed by atoms with Crippen LogP contribution in [0.15, 0.2) is 24.3 Å². The van der Waals surface area contributed by atoms with Crippen LogP contribution in [0.5, 0.6) is 0 Å². The molecule has 1 aliphatic rings. The molecular weight excluding hydrogens is 320 g/mol. The van der Waals surface area contributed by atoms with Gasteiger partial charge >= 0.3 is 0 Å². The second-order valence-electron chi connectivity index (χ2n) is 7.30. The molecule has 136 valence electrons. The van der Waals surface area contributed by atoms with Crippen molar-refractivity contribution in [2.75, 3.05) is 6.54 Å². The first kappa shape index (κ1) is 21.0. The van der Waals surface area contributed by atoms with E-state index in [0.717, 1.165) is 32.2 Å². The van der Waals surface area contributed by atoms with Crippen molar-refractivity contribution in [3.63, 3.8) is 0 Å². The van der Waals surface area contributed by atoms with Gasteiger partial charge in [0.15, 0.2) is 0 Å². The molecule has 0 aromatic heterocycles. The van der Waals surface area contributed by atoms with Gasteiger partial charge in [-0.15, -0.1) is 12.4 Å². The monoisotopic (exact) mass is 352 g/mol. The third-order valence-corrected chi connectivity index (χ3v) is 4.84. The van der Waals surface area contributed by atoms with Crippen LogP contribution in [0.1, 0.15) is 64.1 Å². The summed E-state index contributed by atoms with van der Waals surface area (Å²) in [4.78, 5) is 12.7. The number of carbonyl (C=O) groups excluding carboxylic acids is 1. The molecule has 1 unspecified atom stereocenters. The molecule has 2 N–H and O–H groups in total. The minimum absolute atomic E-state index is 0. The molecule has 24 heavy (non-hydrogen) atoms. The molecule has 1 aromatic rings. The van der Waals surface area contributed by atoms with E-state index in [1.807, 2.05) is 0 Å². The third-order valence-electron chi connectivity index (χ3n) is 4.84. The highest BCUT2D eigenvalue weighted by molar-refractivity contribution is 5.85. The summed E-state index contributed by atoms with van der Waals surface area (Å²) in [6.07, 6.45) is 4.16. The number of benzene rings is 1. The number of nitrogens with one attached hydrogen (secondary N) is 2. The first-order valence-electron chi connectivity index (χ1n) is 9.13. The summed E-state index contributed by atoms with van der Waals surface area (Å²) in [7, 11) is 0. The molecule has 3 atom stereocenters. The summed E-state index contributed by atoms with van der Waals surface area (Å²) < 4.78 is 0. The Bertz CT molecular complexity index is 501. The van der Waals surface area contributed by atoms with Crippen molar-refractivity contribution in [3.05, 3.63) is 35.4 Å². The Balaban J connectivity index is 0.00000288. The van der Waals surface area contributed by atoms with Gasteiger partial charge in [0.25, 0.3) is 0 Å². The minimum atomic E-state index is 0. The van der Waals surface area contributed by atoms with E-state index in [-0.39, 0.29) is 30.3 Å². The Morgan fingerprint density at radius 3 is 2.50 bits per heavy atom. The second kappa shape index (κ2) is 10.0. The molecule has 0 radical (unpaired) electrons. The van der Waals surface area contributed by atoms with Gasteiger partial charge < -0.3 is 10.6 Å². The van der Waals surface area contributed by atoms with Gasteiger partial charge in [0.1, 0.15) is 0 Å². The van der Waals surface area contributed by atoms with Gasteiger partial charge in [0, 0.05) is 12.0 Å². The van der Waals surface area contributed by atoms with Crippen LogP contribution < -0.4 is 10.6 Å². The molecule has 2 rings (SSSR count). The third kappa shape index (κ3) is 5.78. The van der Waals surface area contributed by atoms with Crippen molar-refractivity contribution < 1.29 is 4.79 Å². The molecule has 1 amide bonds. The number of amides is 1. The van der Waals surface area contributed by atoms with Gasteiger partial charge in [-0.05, 0) is 49.8 Å². The van der Waals surface area contributed by atoms with E-state index in [4.69, 9.17) is 0 Å². The molecule has 1 saturated heterocycles.